The molecule has 0 unspecified atom stereocenters. The van der Waals surface area contributed by atoms with Gasteiger partial charge in [-0.3, -0.25) is 4.72 Å². The van der Waals surface area contributed by atoms with E-state index >= 15 is 0 Å². The minimum absolute atomic E-state index is 0.0764. The molecule has 0 fully saturated rings. The van der Waals surface area contributed by atoms with Gasteiger partial charge in [0.15, 0.2) is 11.5 Å². The molecule has 0 radical (unpaired) electrons. The van der Waals surface area contributed by atoms with Crippen molar-refractivity contribution in [2.24, 2.45) is 0 Å². The van der Waals surface area contributed by atoms with Gasteiger partial charge in [-0.05, 0) is 35.9 Å². The van der Waals surface area contributed by atoms with E-state index < -0.39 is 10.0 Å². The largest absolute Gasteiger partial charge is 0.495 e. The van der Waals surface area contributed by atoms with E-state index in [1.54, 1.807) is 48.5 Å². The minimum atomic E-state index is -3.79. The Kier molecular flexibility index (Phi) is 4.78. The van der Waals surface area contributed by atoms with Gasteiger partial charge in [0, 0.05) is 11.6 Å². The zero-order valence-electron chi connectivity index (χ0n) is 14.8. The third-order valence-electron chi connectivity index (χ3n) is 4.27. The number of anilines is 1. The van der Waals surface area contributed by atoms with Crippen molar-refractivity contribution in [3.63, 3.8) is 0 Å². The summed E-state index contributed by atoms with van der Waals surface area (Å²) in [6.45, 7) is 0.0764. The number of fused-ring (bicyclic) bond motifs is 1. The molecule has 1 N–H and O–H groups in total. The Morgan fingerprint density at radius 1 is 1.00 bits per heavy atom. The molecule has 4 rings (SSSR count). The molecule has 0 amide bonds. The van der Waals surface area contributed by atoms with Crippen LogP contribution < -0.4 is 18.9 Å². The molecule has 6 nitrogen and oxygen atoms in total. The normalized spacial score (nSPS) is 12.6. The summed E-state index contributed by atoms with van der Waals surface area (Å²) in [5, 5.41) is 0.412. The van der Waals surface area contributed by atoms with E-state index in [1.165, 1.54) is 19.2 Å². The number of halogens is 1. The highest BCUT2D eigenvalue weighted by atomic mass is 35.5. The molecule has 0 bridgehead atoms. The van der Waals surface area contributed by atoms with Crippen LogP contribution in [0, 0.1) is 0 Å². The Morgan fingerprint density at radius 3 is 2.39 bits per heavy atom. The van der Waals surface area contributed by atoms with Crippen LogP contribution in [-0.4, -0.2) is 22.3 Å². The number of benzene rings is 3. The molecule has 0 saturated heterocycles. The Balaban J connectivity index is 1.82. The lowest BCUT2D eigenvalue weighted by molar-refractivity contribution is 0.174. The van der Waals surface area contributed by atoms with Crippen molar-refractivity contribution in [2.45, 2.75) is 4.90 Å². The fourth-order valence-corrected chi connectivity index (χ4v) is 4.25. The minimum Gasteiger partial charge on any atom is -0.495 e. The van der Waals surface area contributed by atoms with Crippen LogP contribution in [0.25, 0.3) is 11.1 Å². The summed E-state index contributed by atoms with van der Waals surface area (Å²) in [7, 11) is -2.26. The summed E-state index contributed by atoms with van der Waals surface area (Å²) >= 11 is 6.26. The summed E-state index contributed by atoms with van der Waals surface area (Å²) in [4.78, 5) is 0.159. The number of rotatable bonds is 5. The van der Waals surface area contributed by atoms with Gasteiger partial charge >= 0.3 is 0 Å². The van der Waals surface area contributed by atoms with E-state index in [-0.39, 0.29) is 11.7 Å². The standard InChI is InChI=1S/C20H16ClNO5S/c1-25-18-8-7-13(9-16(18)21)15-10-19-20(27-12-26-19)11-17(15)22-28(23,24)14-5-3-2-4-6-14/h2-11,22H,12H2,1H3. The summed E-state index contributed by atoms with van der Waals surface area (Å²) < 4.78 is 44.3. The van der Waals surface area contributed by atoms with Crippen LogP contribution in [0.1, 0.15) is 0 Å². The Bertz CT molecular complexity index is 1130. The quantitative estimate of drug-likeness (QED) is 0.659. The number of methoxy groups -OCH3 is 1. The second-order valence-electron chi connectivity index (χ2n) is 6.02. The van der Waals surface area contributed by atoms with Gasteiger partial charge in [-0.1, -0.05) is 35.9 Å². The molecular weight excluding hydrogens is 402 g/mol. The summed E-state index contributed by atoms with van der Waals surface area (Å²) in [6.07, 6.45) is 0. The van der Waals surface area contributed by atoms with Crippen molar-refractivity contribution in [2.75, 3.05) is 18.6 Å². The smallest absolute Gasteiger partial charge is 0.261 e. The molecule has 0 saturated carbocycles. The molecule has 0 atom stereocenters. The molecule has 3 aromatic carbocycles. The monoisotopic (exact) mass is 417 g/mol. The fraction of sp³-hybridized carbons (Fsp3) is 0.100. The molecule has 8 heteroatoms. The molecule has 0 aromatic heterocycles. The van der Waals surface area contributed by atoms with Crippen LogP contribution in [0.3, 0.4) is 0 Å². The van der Waals surface area contributed by atoms with Crippen molar-refractivity contribution in [3.05, 3.63) is 65.7 Å². The second kappa shape index (κ2) is 7.26. The van der Waals surface area contributed by atoms with E-state index in [2.05, 4.69) is 4.72 Å². The average Bonchev–Trinajstić information content (AvgIpc) is 3.15. The average molecular weight is 418 g/mol. The van der Waals surface area contributed by atoms with E-state index in [4.69, 9.17) is 25.8 Å². The third kappa shape index (κ3) is 3.46. The van der Waals surface area contributed by atoms with Crippen LogP contribution in [0.4, 0.5) is 5.69 Å². The van der Waals surface area contributed by atoms with Gasteiger partial charge in [0.25, 0.3) is 10.0 Å². The van der Waals surface area contributed by atoms with E-state index in [0.717, 1.165) is 0 Å². The van der Waals surface area contributed by atoms with E-state index in [1.807, 2.05) is 0 Å². The maximum atomic E-state index is 12.8. The maximum Gasteiger partial charge on any atom is 0.261 e. The Hall–Kier alpha value is -2.90. The first-order chi connectivity index (χ1) is 13.5. The summed E-state index contributed by atoms with van der Waals surface area (Å²) in [5.41, 5.74) is 1.66. The molecule has 28 heavy (non-hydrogen) atoms. The first-order valence-corrected chi connectivity index (χ1v) is 10.2. The molecule has 1 heterocycles. The highest BCUT2D eigenvalue weighted by Crippen LogP contribution is 2.43. The van der Waals surface area contributed by atoms with Gasteiger partial charge in [-0.15, -0.1) is 0 Å². The lowest BCUT2D eigenvalue weighted by Crippen LogP contribution is -2.13. The number of hydrogen-bond acceptors (Lipinski definition) is 5. The van der Waals surface area contributed by atoms with Crippen LogP contribution in [-0.2, 0) is 10.0 Å². The summed E-state index contributed by atoms with van der Waals surface area (Å²) in [5.74, 6) is 1.52. The molecule has 0 spiro atoms. The maximum absolute atomic E-state index is 12.8. The van der Waals surface area contributed by atoms with Crippen molar-refractivity contribution < 1.29 is 22.6 Å². The molecule has 144 valence electrons. The lowest BCUT2D eigenvalue weighted by Gasteiger charge is -2.15. The van der Waals surface area contributed by atoms with Crippen molar-refractivity contribution in [1.29, 1.82) is 0 Å². The Labute approximate surface area is 167 Å². The van der Waals surface area contributed by atoms with Gasteiger partial charge < -0.3 is 14.2 Å². The van der Waals surface area contributed by atoms with Gasteiger partial charge in [-0.2, -0.15) is 0 Å². The van der Waals surface area contributed by atoms with Gasteiger partial charge in [0.2, 0.25) is 6.79 Å². The Morgan fingerprint density at radius 2 is 1.71 bits per heavy atom. The fourth-order valence-electron chi connectivity index (χ4n) is 2.90. The topological polar surface area (TPSA) is 73.9 Å². The zero-order valence-corrected chi connectivity index (χ0v) is 16.4. The number of hydrogen-bond donors (Lipinski definition) is 1. The van der Waals surface area contributed by atoms with Crippen LogP contribution >= 0.6 is 11.6 Å². The molecule has 3 aromatic rings. The first-order valence-electron chi connectivity index (χ1n) is 8.33. The molecule has 0 aliphatic carbocycles. The second-order valence-corrected chi connectivity index (χ2v) is 8.11. The van der Waals surface area contributed by atoms with Gasteiger partial charge in [0.1, 0.15) is 5.75 Å². The van der Waals surface area contributed by atoms with Gasteiger partial charge in [-0.25, -0.2) is 8.42 Å². The van der Waals surface area contributed by atoms with Crippen molar-refractivity contribution >= 4 is 27.3 Å². The van der Waals surface area contributed by atoms with Crippen molar-refractivity contribution in [1.82, 2.24) is 0 Å². The number of nitrogens with one attached hydrogen (secondary N) is 1. The first kappa shape index (κ1) is 18.5. The predicted octanol–water partition coefficient (Wildman–Crippen LogP) is 4.55. The SMILES string of the molecule is COc1ccc(-c2cc3c(cc2NS(=O)(=O)c2ccccc2)OCO3)cc1Cl. The van der Waals surface area contributed by atoms with E-state index in [0.29, 0.717) is 39.1 Å². The number of sulfonamides is 1. The third-order valence-corrected chi connectivity index (χ3v) is 5.95. The van der Waals surface area contributed by atoms with E-state index in [9.17, 15) is 8.42 Å². The highest BCUT2D eigenvalue weighted by Gasteiger charge is 2.22. The van der Waals surface area contributed by atoms with Crippen LogP contribution in [0.15, 0.2) is 65.6 Å². The van der Waals surface area contributed by atoms with Crippen LogP contribution in [0.5, 0.6) is 17.2 Å². The van der Waals surface area contributed by atoms with Crippen LogP contribution in [0.2, 0.25) is 5.02 Å². The lowest BCUT2D eigenvalue weighted by atomic mass is 10.0. The van der Waals surface area contributed by atoms with Crippen molar-refractivity contribution in [3.8, 4) is 28.4 Å². The zero-order chi connectivity index (χ0) is 19.7. The predicted molar refractivity (Wildman–Crippen MR) is 107 cm³/mol. The highest BCUT2D eigenvalue weighted by molar-refractivity contribution is 7.92. The summed E-state index contributed by atoms with van der Waals surface area (Å²) in [6, 6.07) is 16.7. The molecule has 1 aliphatic heterocycles. The molecule has 1 aliphatic rings. The van der Waals surface area contributed by atoms with Gasteiger partial charge in [0.05, 0.1) is 22.7 Å². The molecular formula is C20H16ClNO5S. The number of ether oxygens (including phenoxy) is 3.